The largest absolute Gasteiger partial charge is 0.373 e. The van der Waals surface area contributed by atoms with Gasteiger partial charge in [0.2, 0.25) is 5.91 Å². The normalized spacial score (nSPS) is 21.0. The van der Waals surface area contributed by atoms with Crippen LogP contribution in [0.25, 0.3) is 0 Å². The molecule has 6 heteroatoms. The van der Waals surface area contributed by atoms with Crippen molar-refractivity contribution in [3.63, 3.8) is 0 Å². The molecule has 1 heterocycles. The van der Waals surface area contributed by atoms with E-state index in [1.54, 1.807) is 23.1 Å². The van der Waals surface area contributed by atoms with E-state index in [0.29, 0.717) is 30.9 Å². The maximum absolute atomic E-state index is 12.4. The van der Waals surface area contributed by atoms with Crippen molar-refractivity contribution in [3.8, 4) is 0 Å². The molecule has 0 bridgehead atoms. The zero-order valence-corrected chi connectivity index (χ0v) is 15.6. The summed E-state index contributed by atoms with van der Waals surface area (Å²) in [5.41, 5.74) is 1.24. The van der Waals surface area contributed by atoms with Crippen molar-refractivity contribution >= 4 is 17.5 Å². The average Bonchev–Trinajstić information content (AvgIpc) is 2.55. The van der Waals surface area contributed by atoms with E-state index in [2.05, 4.69) is 10.2 Å². The summed E-state index contributed by atoms with van der Waals surface area (Å²) < 4.78 is 5.69. The fourth-order valence-corrected chi connectivity index (χ4v) is 3.24. The molecule has 1 saturated heterocycles. The van der Waals surface area contributed by atoms with Gasteiger partial charge in [-0.15, -0.1) is 0 Å². The third kappa shape index (κ3) is 5.54. The number of carbonyl (C=O) groups is 2. The average molecular weight is 347 g/mol. The van der Waals surface area contributed by atoms with E-state index in [4.69, 9.17) is 4.74 Å². The highest BCUT2D eigenvalue weighted by Crippen LogP contribution is 2.14. The van der Waals surface area contributed by atoms with Gasteiger partial charge >= 0.3 is 0 Å². The van der Waals surface area contributed by atoms with Crippen LogP contribution in [-0.2, 0) is 9.53 Å². The second-order valence-corrected chi connectivity index (χ2v) is 6.56. The predicted octanol–water partition coefficient (Wildman–Crippen LogP) is 2.22. The molecule has 0 aromatic heterocycles. The van der Waals surface area contributed by atoms with Gasteiger partial charge in [-0.05, 0) is 45.9 Å². The van der Waals surface area contributed by atoms with E-state index < -0.39 is 0 Å². The maximum Gasteiger partial charge on any atom is 0.253 e. The molecule has 1 N–H and O–H groups in total. The summed E-state index contributed by atoms with van der Waals surface area (Å²) in [7, 11) is 0. The Bertz CT molecular complexity index is 591. The van der Waals surface area contributed by atoms with Crippen LogP contribution < -0.4 is 5.32 Å². The van der Waals surface area contributed by atoms with Crippen molar-refractivity contribution in [1.82, 2.24) is 9.80 Å². The molecule has 2 rings (SSSR count). The molecule has 1 fully saturated rings. The highest BCUT2D eigenvalue weighted by Gasteiger charge is 2.23. The summed E-state index contributed by atoms with van der Waals surface area (Å²) in [6.45, 7) is 11.1. The number of anilines is 1. The van der Waals surface area contributed by atoms with Gasteiger partial charge in [-0.1, -0.05) is 6.07 Å². The number of amides is 2. The Morgan fingerprint density at radius 1 is 1.20 bits per heavy atom. The van der Waals surface area contributed by atoms with Crippen LogP contribution in [0, 0.1) is 0 Å². The molecule has 6 nitrogen and oxygen atoms in total. The highest BCUT2D eigenvalue weighted by molar-refractivity contribution is 5.97. The Hall–Kier alpha value is -1.92. The minimum Gasteiger partial charge on any atom is -0.373 e. The van der Waals surface area contributed by atoms with Gasteiger partial charge in [0, 0.05) is 37.4 Å². The molecular formula is C19H29N3O3. The van der Waals surface area contributed by atoms with Crippen LogP contribution in [0.3, 0.4) is 0 Å². The van der Waals surface area contributed by atoms with Gasteiger partial charge in [0.1, 0.15) is 0 Å². The van der Waals surface area contributed by atoms with E-state index in [-0.39, 0.29) is 24.0 Å². The van der Waals surface area contributed by atoms with E-state index in [1.807, 2.05) is 33.8 Å². The molecule has 2 atom stereocenters. The quantitative estimate of drug-likeness (QED) is 0.857. The molecule has 1 aromatic rings. The van der Waals surface area contributed by atoms with Gasteiger partial charge < -0.3 is 15.0 Å². The van der Waals surface area contributed by atoms with Crippen LogP contribution >= 0.6 is 0 Å². The number of nitrogens with zero attached hydrogens (tertiary/aromatic N) is 2. The highest BCUT2D eigenvalue weighted by atomic mass is 16.5. The smallest absolute Gasteiger partial charge is 0.253 e. The number of hydrogen-bond donors (Lipinski definition) is 1. The fraction of sp³-hybridized carbons (Fsp3) is 0.579. The first-order valence-electron chi connectivity index (χ1n) is 8.99. The summed E-state index contributed by atoms with van der Waals surface area (Å²) in [5.74, 6) is -0.0920. The number of hydrogen-bond acceptors (Lipinski definition) is 4. The van der Waals surface area contributed by atoms with Crippen LogP contribution in [0.15, 0.2) is 24.3 Å². The molecule has 2 amide bonds. The summed E-state index contributed by atoms with van der Waals surface area (Å²) in [4.78, 5) is 28.6. The molecule has 138 valence electrons. The molecule has 25 heavy (non-hydrogen) atoms. The number of morpholine rings is 1. The molecule has 0 spiro atoms. The third-order valence-electron chi connectivity index (χ3n) is 4.31. The summed E-state index contributed by atoms with van der Waals surface area (Å²) in [6, 6.07) is 7.12. The zero-order chi connectivity index (χ0) is 18.4. The van der Waals surface area contributed by atoms with Crippen LogP contribution in [0.2, 0.25) is 0 Å². The Morgan fingerprint density at radius 2 is 1.84 bits per heavy atom. The fourth-order valence-electron chi connectivity index (χ4n) is 3.24. The summed E-state index contributed by atoms with van der Waals surface area (Å²) >= 11 is 0. The SMILES string of the molecule is CCN(CC)C(=O)c1cccc(NC(=O)CN2CC(C)OC(C)C2)c1. The van der Waals surface area contributed by atoms with Crippen molar-refractivity contribution in [2.24, 2.45) is 0 Å². The number of nitrogens with one attached hydrogen (secondary N) is 1. The van der Waals surface area contributed by atoms with Gasteiger partial charge in [0.15, 0.2) is 0 Å². The Kier molecular flexibility index (Phi) is 6.96. The predicted molar refractivity (Wildman–Crippen MR) is 98.8 cm³/mol. The first kappa shape index (κ1) is 19.4. The van der Waals surface area contributed by atoms with Crippen LogP contribution in [0.1, 0.15) is 38.1 Å². The van der Waals surface area contributed by atoms with Gasteiger partial charge in [0.05, 0.1) is 18.8 Å². The van der Waals surface area contributed by atoms with E-state index in [1.165, 1.54) is 0 Å². The first-order valence-corrected chi connectivity index (χ1v) is 8.99. The van der Waals surface area contributed by atoms with Crippen molar-refractivity contribution in [2.75, 3.05) is 38.0 Å². The lowest BCUT2D eigenvalue weighted by Crippen LogP contribution is -2.48. The van der Waals surface area contributed by atoms with Crippen molar-refractivity contribution in [1.29, 1.82) is 0 Å². The van der Waals surface area contributed by atoms with Crippen LogP contribution in [-0.4, -0.2) is 66.5 Å². The second kappa shape index (κ2) is 8.97. The maximum atomic E-state index is 12.4. The van der Waals surface area contributed by atoms with Crippen LogP contribution in [0.4, 0.5) is 5.69 Å². The van der Waals surface area contributed by atoms with Gasteiger partial charge in [-0.2, -0.15) is 0 Å². The minimum atomic E-state index is -0.0752. The molecule has 1 aromatic carbocycles. The van der Waals surface area contributed by atoms with Crippen molar-refractivity contribution in [2.45, 2.75) is 39.9 Å². The van der Waals surface area contributed by atoms with E-state index in [9.17, 15) is 9.59 Å². The zero-order valence-electron chi connectivity index (χ0n) is 15.6. The number of rotatable bonds is 6. The second-order valence-electron chi connectivity index (χ2n) is 6.56. The van der Waals surface area contributed by atoms with Crippen LogP contribution in [0.5, 0.6) is 0 Å². The van der Waals surface area contributed by atoms with Crippen molar-refractivity contribution in [3.05, 3.63) is 29.8 Å². The van der Waals surface area contributed by atoms with Gasteiger partial charge in [-0.3, -0.25) is 14.5 Å². The molecular weight excluding hydrogens is 318 g/mol. The number of benzene rings is 1. The lowest BCUT2D eigenvalue weighted by molar-refractivity contribution is -0.121. The standard InChI is InChI=1S/C19H29N3O3/c1-5-22(6-2)19(24)16-8-7-9-17(10-16)20-18(23)13-21-11-14(3)25-15(4)12-21/h7-10,14-15H,5-6,11-13H2,1-4H3,(H,20,23). The number of carbonyl (C=O) groups excluding carboxylic acids is 2. The molecule has 1 aliphatic heterocycles. The summed E-state index contributed by atoms with van der Waals surface area (Å²) in [6.07, 6.45) is 0.262. The Labute approximate surface area is 150 Å². The molecule has 0 aliphatic carbocycles. The molecule has 0 saturated carbocycles. The topological polar surface area (TPSA) is 61.9 Å². The lowest BCUT2D eigenvalue weighted by Gasteiger charge is -2.34. The molecule has 0 radical (unpaired) electrons. The van der Waals surface area contributed by atoms with Crippen molar-refractivity contribution < 1.29 is 14.3 Å². The summed E-state index contributed by atoms with van der Waals surface area (Å²) in [5, 5.41) is 2.90. The van der Waals surface area contributed by atoms with E-state index in [0.717, 1.165) is 13.1 Å². The molecule has 1 aliphatic rings. The lowest BCUT2D eigenvalue weighted by atomic mass is 10.1. The minimum absolute atomic E-state index is 0.0167. The monoisotopic (exact) mass is 347 g/mol. The van der Waals surface area contributed by atoms with Gasteiger partial charge in [0.25, 0.3) is 5.91 Å². The first-order chi connectivity index (χ1) is 11.9. The Balaban J connectivity index is 1.97. The Morgan fingerprint density at radius 3 is 2.44 bits per heavy atom. The third-order valence-corrected chi connectivity index (χ3v) is 4.31. The van der Waals surface area contributed by atoms with E-state index >= 15 is 0 Å². The molecule has 2 unspecified atom stereocenters. The number of ether oxygens (including phenoxy) is 1. The van der Waals surface area contributed by atoms with Gasteiger partial charge in [-0.25, -0.2) is 0 Å².